The molecule has 0 aromatic heterocycles. The summed E-state index contributed by atoms with van der Waals surface area (Å²) in [5, 5.41) is 4.09. The first kappa shape index (κ1) is 17.8. The highest BCUT2D eigenvalue weighted by atomic mass is 35.5. The van der Waals surface area contributed by atoms with Crippen molar-refractivity contribution >= 4 is 23.2 Å². The summed E-state index contributed by atoms with van der Waals surface area (Å²) in [7, 11) is 0. The number of rotatable bonds is 9. The van der Waals surface area contributed by atoms with Crippen molar-refractivity contribution in [3.8, 4) is 0 Å². The minimum Gasteiger partial charge on any atom is -0.368 e. The van der Waals surface area contributed by atoms with Gasteiger partial charge in [0.25, 0.3) is 0 Å². The van der Waals surface area contributed by atoms with E-state index in [1.165, 1.54) is 0 Å². The van der Waals surface area contributed by atoms with Crippen molar-refractivity contribution in [2.24, 2.45) is 5.73 Å². The number of nitrogens with two attached hydrogens (primary N) is 1. The quantitative estimate of drug-likeness (QED) is 0.737. The maximum absolute atomic E-state index is 11.3. The third kappa shape index (κ3) is 6.36. The first-order chi connectivity index (χ1) is 9.93. The van der Waals surface area contributed by atoms with Crippen LogP contribution in [0.5, 0.6) is 0 Å². The lowest BCUT2D eigenvalue weighted by atomic mass is 10.1. The van der Waals surface area contributed by atoms with Gasteiger partial charge in [0.1, 0.15) is 0 Å². The predicted molar refractivity (Wildman–Crippen MR) is 89.7 cm³/mol. The standard InChI is InChI=1S/C16H26ClN3O/c1-4-5-8-20(11-16(18)21)15-7-6-14(17)9-13(15)10-19-12(2)3/h6-7,9,12,19H,4-5,8,10-11H2,1-3H3,(H2,18,21). The maximum atomic E-state index is 11.3. The van der Waals surface area contributed by atoms with Crippen LogP contribution in [-0.2, 0) is 11.3 Å². The first-order valence-electron chi connectivity index (χ1n) is 7.49. The number of carbonyl (C=O) groups excluding carboxylic acids is 1. The van der Waals surface area contributed by atoms with Gasteiger partial charge in [-0.3, -0.25) is 4.79 Å². The molecule has 0 aliphatic heterocycles. The third-order valence-electron chi connectivity index (χ3n) is 3.21. The molecule has 0 aliphatic rings. The highest BCUT2D eigenvalue weighted by Gasteiger charge is 2.14. The van der Waals surface area contributed by atoms with Gasteiger partial charge in [0.05, 0.1) is 6.54 Å². The van der Waals surface area contributed by atoms with Crippen molar-refractivity contribution in [2.45, 2.75) is 46.2 Å². The summed E-state index contributed by atoms with van der Waals surface area (Å²) < 4.78 is 0. The second-order valence-corrected chi connectivity index (χ2v) is 5.99. The fourth-order valence-electron chi connectivity index (χ4n) is 2.14. The molecule has 1 rings (SSSR count). The van der Waals surface area contributed by atoms with E-state index in [1.807, 2.05) is 23.1 Å². The molecule has 0 bridgehead atoms. The molecule has 0 spiro atoms. The number of hydrogen-bond acceptors (Lipinski definition) is 3. The van der Waals surface area contributed by atoms with Crippen molar-refractivity contribution in [3.63, 3.8) is 0 Å². The molecule has 1 aromatic rings. The van der Waals surface area contributed by atoms with Gasteiger partial charge >= 0.3 is 0 Å². The fourth-order valence-corrected chi connectivity index (χ4v) is 2.33. The molecular weight excluding hydrogens is 286 g/mol. The average Bonchev–Trinajstić information content (AvgIpc) is 2.41. The Labute approximate surface area is 132 Å². The molecule has 4 nitrogen and oxygen atoms in total. The Balaban J connectivity index is 3.00. The zero-order chi connectivity index (χ0) is 15.8. The molecule has 0 radical (unpaired) electrons. The molecule has 0 saturated heterocycles. The van der Waals surface area contributed by atoms with E-state index in [-0.39, 0.29) is 12.5 Å². The number of primary amides is 1. The van der Waals surface area contributed by atoms with E-state index in [1.54, 1.807) is 0 Å². The third-order valence-corrected chi connectivity index (χ3v) is 3.45. The number of hydrogen-bond donors (Lipinski definition) is 2. The fraction of sp³-hybridized carbons (Fsp3) is 0.562. The van der Waals surface area contributed by atoms with Crippen LogP contribution < -0.4 is 16.0 Å². The minimum atomic E-state index is -0.316. The highest BCUT2D eigenvalue weighted by molar-refractivity contribution is 6.30. The molecule has 21 heavy (non-hydrogen) atoms. The molecule has 1 amide bonds. The van der Waals surface area contributed by atoms with Crippen molar-refractivity contribution < 1.29 is 4.79 Å². The molecule has 118 valence electrons. The van der Waals surface area contributed by atoms with E-state index in [4.69, 9.17) is 17.3 Å². The van der Waals surface area contributed by atoms with Gasteiger partial charge in [-0.25, -0.2) is 0 Å². The van der Waals surface area contributed by atoms with Crippen molar-refractivity contribution in [1.82, 2.24) is 5.32 Å². The van der Waals surface area contributed by atoms with E-state index in [0.29, 0.717) is 11.1 Å². The zero-order valence-corrected chi connectivity index (χ0v) is 13.9. The van der Waals surface area contributed by atoms with Gasteiger partial charge in [0.15, 0.2) is 0 Å². The average molecular weight is 312 g/mol. The SMILES string of the molecule is CCCCN(CC(N)=O)c1ccc(Cl)cc1CNC(C)C. The Morgan fingerprint density at radius 2 is 2.14 bits per heavy atom. The predicted octanol–water partition coefficient (Wildman–Crippen LogP) is 2.93. The molecular formula is C16H26ClN3O. The number of carbonyl (C=O) groups is 1. The lowest BCUT2D eigenvalue weighted by Gasteiger charge is -2.26. The normalized spacial score (nSPS) is 10.9. The minimum absolute atomic E-state index is 0.232. The summed E-state index contributed by atoms with van der Waals surface area (Å²) in [6, 6.07) is 6.16. The lowest BCUT2D eigenvalue weighted by molar-refractivity contribution is -0.116. The van der Waals surface area contributed by atoms with Gasteiger partial charge in [-0.15, -0.1) is 0 Å². The summed E-state index contributed by atoms with van der Waals surface area (Å²) in [6.45, 7) is 8.09. The van der Waals surface area contributed by atoms with Gasteiger partial charge in [-0.05, 0) is 30.2 Å². The van der Waals surface area contributed by atoms with Gasteiger partial charge in [0.2, 0.25) is 5.91 Å². The topological polar surface area (TPSA) is 58.4 Å². The van der Waals surface area contributed by atoms with Crippen LogP contribution in [0.15, 0.2) is 18.2 Å². The van der Waals surface area contributed by atoms with Gasteiger partial charge in [0, 0.05) is 29.8 Å². The second-order valence-electron chi connectivity index (χ2n) is 5.55. The largest absolute Gasteiger partial charge is 0.368 e. The van der Waals surface area contributed by atoms with Gasteiger partial charge in [-0.2, -0.15) is 0 Å². The summed E-state index contributed by atoms with van der Waals surface area (Å²) >= 11 is 6.11. The number of nitrogens with one attached hydrogen (secondary N) is 1. The number of nitrogens with zero attached hydrogens (tertiary/aromatic N) is 1. The molecule has 0 aliphatic carbocycles. The number of anilines is 1. The van der Waals surface area contributed by atoms with Crippen LogP contribution in [0, 0.1) is 0 Å². The van der Waals surface area contributed by atoms with Gasteiger partial charge in [-0.1, -0.05) is 38.8 Å². The van der Waals surface area contributed by atoms with Crippen LogP contribution in [0.4, 0.5) is 5.69 Å². The monoisotopic (exact) mass is 311 g/mol. The van der Waals surface area contributed by atoms with E-state index in [0.717, 1.165) is 37.2 Å². The number of benzene rings is 1. The van der Waals surface area contributed by atoms with Crippen LogP contribution in [0.25, 0.3) is 0 Å². The Kier molecular flexibility index (Phi) is 7.54. The molecule has 0 atom stereocenters. The summed E-state index contributed by atoms with van der Waals surface area (Å²) in [5.74, 6) is -0.316. The molecule has 0 unspecified atom stereocenters. The number of unbranched alkanes of at least 4 members (excludes halogenated alkanes) is 1. The van der Waals surface area contributed by atoms with Gasteiger partial charge < -0.3 is 16.0 Å². The van der Waals surface area contributed by atoms with Crippen LogP contribution in [-0.4, -0.2) is 25.0 Å². The summed E-state index contributed by atoms with van der Waals surface area (Å²) in [5.41, 5.74) is 7.50. The smallest absolute Gasteiger partial charge is 0.236 e. The van der Waals surface area contributed by atoms with E-state index < -0.39 is 0 Å². The molecule has 0 fully saturated rings. The Bertz CT molecular complexity index is 463. The highest BCUT2D eigenvalue weighted by Crippen LogP contribution is 2.25. The Hall–Kier alpha value is -1.26. The summed E-state index contributed by atoms with van der Waals surface area (Å²) in [6.07, 6.45) is 2.09. The van der Waals surface area contributed by atoms with Crippen LogP contribution in [0.1, 0.15) is 39.2 Å². The van der Waals surface area contributed by atoms with Crippen LogP contribution in [0.2, 0.25) is 5.02 Å². The molecule has 0 saturated carbocycles. The van der Waals surface area contributed by atoms with E-state index >= 15 is 0 Å². The van der Waals surface area contributed by atoms with Crippen LogP contribution >= 0.6 is 11.6 Å². The second kappa shape index (κ2) is 8.90. The Morgan fingerprint density at radius 1 is 1.43 bits per heavy atom. The van der Waals surface area contributed by atoms with E-state index in [9.17, 15) is 4.79 Å². The summed E-state index contributed by atoms with van der Waals surface area (Å²) in [4.78, 5) is 13.4. The van der Waals surface area contributed by atoms with Crippen LogP contribution in [0.3, 0.4) is 0 Å². The number of halogens is 1. The zero-order valence-electron chi connectivity index (χ0n) is 13.2. The lowest BCUT2D eigenvalue weighted by Crippen LogP contribution is -2.35. The molecule has 1 aromatic carbocycles. The number of amides is 1. The first-order valence-corrected chi connectivity index (χ1v) is 7.86. The van der Waals surface area contributed by atoms with Crippen molar-refractivity contribution in [3.05, 3.63) is 28.8 Å². The van der Waals surface area contributed by atoms with Crippen molar-refractivity contribution in [2.75, 3.05) is 18.0 Å². The molecule has 5 heteroatoms. The van der Waals surface area contributed by atoms with Crippen molar-refractivity contribution in [1.29, 1.82) is 0 Å². The molecule has 3 N–H and O–H groups in total. The maximum Gasteiger partial charge on any atom is 0.236 e. The Morgan fingerprint density at radius 3 is 2.71 bits per heavy atom. The van der Waals surface area contributed by atoms with E-state index in [2.05, 4.69) is 26.1 Å². The molecule has 0 heterocycles.